The number of nitrogens with two attached hydrogens (primary N) is 1. The van der Waals surface area contributed by atoms with Crippen molar-refractivity contribution in [1.29, 1.82) is 5.26 Å². The molecular formula is C11H6FN7. The summed E-state index contributed by atoms with van der Waals surface area (Å²) < 4.78 is 14.4. The summed E-state index contributed by atoms with van der Waals surface area (Å²) in [6, 6.07) is 3.19. The molecule has 8 heteroatoms. The third-order valence-corrected chi connectivity index (χ3v) is 2.48. The molecule has 7 nitrogen and oxygen atoms in total. The molecule has 3 heterocycles. The first-order valence-electron chi connectivity index (χ1n) is 5.21. The molecule has 3 aromatic heterocycles. The van der Waals surface area contributed by atoms with Gasteiger partial charge in [-0.05, 0) is 6.07 Å². The van der Waals surface area contributed by atoms with E-state index in [-0.39, 0.29) is 23.0 Å². The Labute approximate surface area is 106 Å². The molecule has 0 aliphatic heterocycles. The van der Waals surface area contributed by atoms with E-state index >= 15 is 0 Å². The maximum atomic E-state index is 13.1. The van der Waals surface area contributed by atoms with Crippen LogP contribution in [0.3, 0.4) is 0 Å². The van der Waals surface area contributed by atoms with Gasteiger partial charge in [0.2, 0.25) is 5.95 Å². The highest BCUT2D eigenvalue weighted by molar-refractivity contribution is 5.63. The molecule has 92 valence electrons. The summed E-state index contributed by atoms with van der Waals surface area (Å²) in [7, 11) is 0. The third-order valence-electron chi connectivity index (χ3n) is 2.48. The fraction of sp³-hybridized carbons (Fsp3) is 0. The Kier molecular flexibility index (Phi) is 2.32. The van der Waals surface area contributed by atoms with Gasteiger partial charge < -0.3 is 5.73 Å². The Morgan fingerprint density at radius 2 is 2.11 bits per heavy atom. The molecule has 3 aromatic rings. The number of aromatic nitrogens is 5. The summed E-state index contributed by atoms with van der Waals surface area (Å²) in [6.07, 6.45) is 3.83. The Hall–Kier alpha value is -3.08. The lowest BCUT2D eigenvalue weighted by Gasteiger charge is -2.03. The van der Waals surface area contributed by atoms with Crippen LogP contribution in [0.4, 0.5) is 10.3 Å². The van der Waals surface area contributed by atoms with Crippen molar-refractivity contribution >= 4 is 11.6 Å². The minimum Gasteiger partial charge on any atom is -0.368 e. The number of anilines is 1. The van der Waals surface area contributed by atoms with Crippen LogP contribution in [-0.4, -0.2) is 24.6 Å². The zero-order chi connectivity index (χ0) is 13.4. The van der Waals surface area contributed by atoms with E-state index in [0.29, 0.717) is 5.56 Å². The van der Waals surface area contributed by atoms with E-state index in [4.69, 9.17) is 11.0 Å². The van der Waals surface area contributed by atoms with Crippen molar-refractivity contribution in [2.24, 2.45) is 0 Å². The molecule has 0 aliphatic carbocycles. The first-order valence-corrected chi connectivity index (χ1v) is 5.21. The largest absolute Gasteiger partial charge is 0.368 e. The van der Waals surface area contributed by atoms with Crippen molar-refractivity contribution in [2.75, 3.05) is 5.73 Å². The molecule has 0 saturated carbocycles. The predicted octanol–water partition coefficient (Wildman–Crippen LogP) is 0.779. The lowest BCUT2D eigenvalue weighted by molar-refractivity contribution is 0.622. The lowest BCUT2D eigenvalue weighted by atomic mass is 10.2. The van der Waals surface area contributed by atoms with Crippen LogP contribution >= 0.6 is 0 Å². The van der Waals surface area contributed by atoms with E-state index in [9.17, 15) is 4.39 Å². The van der Waals surface area contributed by atoms with Gasteiger partial charge in [0.05, 0.1) is 12.4 Å². The molecule has 0 bridgehead atoms. The monoisotopic (exact) mass is 255 g/mol. The van der Waals surface area contributed by atoms with Crippen LogP contribution < -0.4 is 5.73 Å². The fourth-order valence-corrected chi connectivity index (χ4v) is 1.64. The standard InChI is InChI=1S/C11H6FN7/c12-8-1-6(3-15-5-8)9-17-10-7(2-13)4-16-19(10)11(14)18-9/h1,3-5H,(H2,14,17,18). The first-order chi connectivity index (χ1) is 9.19. The van der Waals surface area contributed by atoms with Crippen molar-refractivity contribution in [2.45, 2.75) is 0 Å². The first kappa shape index (κ1) is 11.0. The number of pyridine rings is 1. The van der Waals surface area contributed by atoms with Crippen LogP contribution in [0.25, 0.3) is 17.0 Å². The van der Waals surface area contributed by atoms with Crippen LogP contribution in [0, 0.1) is 17.1 Å². The summed E-state index contributed by atoms with van der Waals surface area (Å²) in [5.74, 6) is -0.256. The summed E-state index contributed by atoms with van der Waals surface area (Å²) in [4.78, 5) is 11.9. The Balaban J connectivity index is 2.28. The normalized spacial score (nSPS) is 10.5. The van der Waals surface area contributed by atoms with Crippen LogP contribution in [0.2, 0.25) is 0 Å². The van der Waals surface area contributed by atoms with Crippen LogP contribution in [0.1, 0.15) is 5.56 Å². The lowest BCUT2D eigenvalue weighted by Crippen LogP contribution is -2.05. The highest BCUT2D eigenvalue weighted by Crippen LogP contribution is 2.18. The molecule has 0 unspecified atom stereocenters. The van der Waals surface area contributed by atoms with E-state index < -0.39 is 5.82 Å². The van der Waals surface area contributed by atoms with E-state index in [2.05, 4.69) is 20.1 Å². The van der Waals surface area contributed by atoms with Crippen molar-refractivity contribution < 1.29 is 4.39 Å². The molecule has 0 aliphatic rings. The molecule has 2 N–H and O–H groups in total. The quantitative estimate of drug-likeness (QED) is 0.688. The van der Waals surface area contributed by atoms with Gasteiger partial charge in [-0.25, -0.2) is 9.37 Å². The topological polar surface area (TPSA) is 106 Å². The molecule has 0 radical (unpaired) electrons. The van der Waals surface area contributed by atoms with E-state index in [0.717, 1.165) is 6.20 Å². The number of hydrogen-bond acceptors (Lipinski definition) is 6. The number of nitrogens with zero attached hydrogens (tertiary/aromatic N) is 6. The Bertz CT molecular complexity index is 818. The smallest absolute Gasteiger partial charge is 0.225 e. The fourth-order valence-electron chi connectivity index (χ4n) is 1.64. The van der Waals surface area contributed by atoms with Crippen molar-refractivity contribution in [3.05, 3.63) is 36.0 Å². The van der Waals surface area contributed by atoms with Gasteiger partial charge in [0.15, 0.2) is 11.5 Å². The zero-order valence-electron chi connectivity index (χ0n) is 9.45. The van der Waals surface area contributed by atoms with Gasteiger partial charge in [0, 0.05) is 11.8 Å². The molecular weight excluding hydrogens is 249 g/mol. The maximum Gasteiger partial charge on any atom is 0.225 e. The molecule has 19 heavy (non-hydrogen) atoms. The highest BCUT2D eigenvalue weighted by atomic mass is 19.1. The van der Waals surface area contributed by atoms with Gasteiger partial charge in [-0.15, -0.1) is 0 Å². The zero-order valence-corrected chi connectivity index (χ0v) is 9.45. The Morgan fingerprint density at radius 1 is 1.26 bits per heavy atom. The van der Waals surface area contributed by atoms with E-state index in [1.54, 1.807) is 0 Å². The van der Waals surface area contributed by atoms with Gasteiger partial charge in [0.25, 0.3) is 0 Å². The highest BCUT2D eigenvalue weighted by Gasteiger charge is 2.12. The Morgan fingerprint density at radius 3 is 2.84 bits per heavy atom. The number of rotatable bonds is 1. The minimum absolute atomic E-state index is 0.0609. The number of nitriles is 1. The minimum atomic E-state index is -0.506. The maximum absolute atomic E-state index is 13.1. The molecule has 0 aromatic carbocycles. The molecule has 0 amide bonds. The third kappa shape index (κ3) is 1.73. The molecule has 3 rings (SSSR count). The second-order valence-electron chi connectivity index (χ2n) is 3.70. The van der Waals surface area contributed by atoms with Crippen molar-refractivity contribution in [3.63, 3.8) is 0 Å². The molecule has 0 saturated heterocycles. The number of hydrogen-bond donors (Lipinski definition) is 1. The average Bonchev–Trinajstić information content (AvgIpc) is 2.82. The van der Waals surface area contributed by atoms with Gasteiger partial charge in [0.1, 0.15) is 17.4 Å². The van der Waals surface area contributed by atoms with Crippen LogP contribution in [-0.2, 0) is 0 Å². The predicted molar refractivity (Wildman–Crippen MR) is 63.1 cm³/mol. The molecule has 0 atom stereocenters. The second-order valence-corrected chi connectivity index (χ2v) is 3.70. The molecule has 0 spiro atoms. The summed E-state index contributed by atoms with van der Waals surface area (Å²) in [6.45, 7) is 0. The summed E-state index contributed by atoms with van der Waals surface area (Å²) in [5.41, 5.74) is 6.64. The molecule has 0 fully saturated rings. The number of halogens is 1. The van der Waals surface area contributed by atoms with Gasteiger partial charge in [-0.3, -0.25) is 4.98 Å². The number of fused-ring (bicyclic) bond motifs is 1. The van der Waals surface area contributed by atoms with Crippen molar-refractivity contribution in [3.8, 4) is 17.5 Å². The van der Waals surface area contributed by atoms with Crippen LogP contribution in [0.5, 0.6) is 0 Å². The van der Waals surface area contributed by atoms with E-state index in [1.165, 1.54) is 23.0 Å². The summed E-state index contributed by atoms with van der Waals surface area (Å²) in [5, 5.41) is 12.8. The summed E-state index contributed by atoms with van der Waals surface area (Å²) >= 11 is 0. The number of nitrogen functional groups attached to an aromatic ring is 1. The van der Waals surface area contributed by atoms with Crippen LogP contribution in [0.15, 0.2) is 24.7 Å². The second kappa shape index (κ2) is 3.99. The van der Waals surface area contributed by atoms with Gasteiger partial charge in [-0.2, -0.15) is 19.9 Å². The van der Waals surface area contributed by atoms with Crippen molar-refractivity contribution in [1.82, 2.24) is 24.6 Å². The SMILES string of the molecule is N#Cc1cnn2c(N)nc(-c3cncc(F)c3)nc12. The van der Waals surface area contributed by atoms with Gasteiger partial charge >= 0.3 is 0 Å². The average molecular weight is 255 g/mol. The van der Waals surface area contributed by atoms with Gasteiger partial charge in [-0.1, -0.05) is 0 Å². The van der Waals surface area contributed by atoms with E-state index in [1.807, 2.05) is 6.07 Å².